The lowest BCUT2D eigenvalue weighted by Gasteiger charge is -2.43. The summed E-state index contributed by atoms with van der Waals surface area (Å²) >= 11 is 0. The second-order valence-corrected chi connectivity index (χ2v) is 19.1. The SMILES string of the molecule is CC1(C)c2ccccc2N(c2ccccc2)c2ccc3c([Si](C)(C)C)c(C=C4C(=O)c5cc6ccccc6cc5C4=O)ccc3c21. The Morgan fingerprint density at radius 3 is 1.87 bits per heavy atom. The molecule has 0 N–H and O–H groups in total. The van der Waals surface area contributed by atoms with Crippen molar-refractivity contribution in [3.63, 3.8) is 0 Å². The molecule has 3 nitrogen and oxygen atoms in total. The number of carbonyl (C=O) groups excluding carboxylic acids is 2. The summed E-state index contributed by atoms with van der Waals surface area (Å²) in [4.78, 5) is 29.9. The van der Waals surface area contributed by atoms with Crippen LogP contribution >= 0.6 is 0 Å². The topological polar surface area (TPSA) is 37.4 Å². The molecule has 0 saturated heterocycles. The number of hydrogen-bond donors (Lipinski definition) is 0. The maximum atomic E-state index is 13.8. The zero-order chi connectivity index (χ0) is 32.0. The van der Waals surface area contributed by atoms with Crippen LogP contribution in [0.2, 0.25) is 19.6 Å². The van der Waals surface area contributed by atoms with Gasteiger partial charge in [0.2, 0.25) is 0 Å². The van der Waals surface area contributed by atoms with Crippen molar-refractivity contribution in [2.24, 2.45) is 0 Å². The van der Waals surface area contributed by atoms with Crippen molar-refractivity contribution in [1.82, 2.24) is 0 Å². The molecule has 1 aliphatic carbocycles. The van der Waals surface area contributed by atoms with Gasteiger partial charge in [-0.15, -0.1) is 0 Å². The zero-order valence-electron chi connectivity index (χ0n) is 26.8. The largest absolute Gasteiger partial charge is 0.310 e. The molecule has 0 unspecified atom stereocenters. The lowest BCUT2D eigenvalue weighted by Crippen LogP contribution is -2.40. The van der Waals surface area contributed by atoms with Crippen LogP contribution in [-0.4, -0.2) is 19.6 Å². The van der Waals surface area contributed by atoms with Crippen LogP contribution in [0.1, 0.15) is 51.3 Å². The van der Waals surface area contributed by atoms with Gasteiger partial charge in [0.25, 0.3) is 0 Å². The summed E-state index contributed by atoms with van der Waals surface area (Å²) in [5.41, 5.74) is 8.05. The van der Waals surface area contributed by atoms with E-state index in [0.717, 1.165) is 22.0 Å². The number of nitrogens with zero attached hydrogens (tertiary/aromatic N) is 1. The molecule has 0 saturated carbocycles. The van der Waals surface area contributed by atoms with E-state index in [4.69, 9.17) is 0 Å². The highest BCUT2D eigenvalue weighted by atomic mass is 28.3. The second-order valence-electron chi connectivity index (χ2n) is 14.1. The minimum Gasteiger partial charge on any atom is -0.310 e. The van der Waals surface area contributed by atoms with Gasteiger partial charge in [-0.05, 0) is 85.9 Å². The van der Waals surface area contributed by atoms with E-state index >= 15 is 0 Å². The van der Waals surface area contributed by atoms with Crippen molar-refractivity contribution in [3.05, 3.63) is 149 Å². The monoisotopic (exact) mass is 613 g/mol. The number of rotatable bonds is 3. The third-order valence-electron chi connectivity index (χ3n) is 9.82. The fraction of sp³-hybridized carbons (Fsp3) is 0.143. The van der Waals surface area contributed by atoms with Crippen LogP contribution in [-0.2, 0) is 5.41 Å². The van der Waals surface area contributed by atoms with Gasteiger partial charge >= 0.3 is 0 Å². The quantitative estimate of drug-likeness (QED) is 0.113. The van der Waals surface area contributed by atoms with E-state index < -0.39 is 8.07 Å². The standard InChI is InChI=1S/C42H35NO2Si/c1-42(2)35-17-11-12-18-36(35)43(29-15-7-6-8-16-29)37-22-21-31-30(38(37)42)20-19-28(41(31)46(3,4)5)25-34-39(44)32-23-26-13-9-10-14-27(26)24-33(32)40(34)45/h6-25H,1-5H3. The van der Waals surface area contributed by atoms with Crippen LogP contribution in [0.15, 0.2) is 121 Å². The fourth-order valence-corrected chi connectivity index (χ4v) is 9.87. The molecule has 0 amide bonds. The van der Waals surface area contributed by atoms with Crippen molar-refractivity contribution >= 4 is 69.5 Å². The van der Waals surface area contributed by atoms with Crippen LogP contribution in [0, 0.1) is 0 Å². The number of para-hydroxylation sites is 2. The van der Waals surface area contributed by atoms with Crippen molar-refractivity contribution < 1.29 is 9.59 Å². The Morgan fingerprint density at radius 1 is 0.630 bits per heavy atom. The Morgan fingerprint density at radius 2 is 1.22 bits per heavy atom. The van der Waals surface area contributed by atoms with Crippen molar-refractivity contribution in [2.75, 3.05) is 4.90 Å². The Bertz CT molecular complexity index is 2250. The smallest absolute Gasteiger partial charge is 0.197 e. The van der Waals surface area contributed by atoms with Crippen LogP contribution < -0.4 is 10.1 Å². The number of hydrogen-bond acceptors (Lipinski definition) is 3. The number of benzene rings is 6. The molecule has 1 heterocycles. The van der Waals surface area contributed by atoms with Crippen LogP contribution in [0.25, 0.3) is 27.6 Å². The highest BCUT2D eigenvalue weighted by molar-refractivity contribution is 6.91. The molecule has 0 aromatic heterocycles. The van der Waals surface area contributed by atoms with Gasteiger partial charge < -0.3 is 4.90 Å². The molecule has 4 heteroatoms. The molecule has 0 bridgehead atoms. The summed E-state index contributed by atoms with van der Waals surface area (Å²) in [6, 6.07) is 39.8. The number of anilines is 3. The molecule has 224 valence electrons. The van der Waals surface area contributed by atoms with Gasteiger partial charge in [0.15, 0.2) is 11.6 Å². The predicted octanol–water partition coefficient (Wildman–Crippen LogP) is 10.1. The molecule has 0 radical (unpaired) electrons. The van der Waals surface area contributed by atoms with Gasteiger partial charge in [0.1, 0.15) is 0 Å². The van der Waals surface area contributed by atoms with E-state index in [9.17, 15) is 9.59 Å². The minimum atomic E-state index is -2.00. The van der Waals surface area contributed by atoms with Crippen LogP contribution in [0.5, 0.6) is 0 Å². The maximum Gasteiger partial charge on any atom is 0.197 e. The molecule has 0 spiro atoms. The van der Waals surface area contributed by atoms with Gasteiger partial charge in [0, 0.05) is 22.2 Å². The lowest BCUT2D eigenvalue weighted by atomic mass is 9.71. The number of ketones is 2. The van der Waals surface area contributed by atoms with Crippen molar-refractivity contribution in [3.8, 4) is 0 Å². The zero-order valence-corrected chi connectivity index (χ0v) is 27.8. The van der Waals surface area contributed by atoms with Crippen molar-refractivity contribution in [1.29, 1.82) is 0 Å². The molecule has 0 fully saturated rings. The fourth-order valence-electron chi connectivity index (χ4n) is 7.82. The number of fused-ring (bicyclic) bond motifs is 6. The Kier molecular flexibility index (Phi) is 6.16. The maximum absolute atomic E-state index is 13.8. The number of Topliss-reactive ketones (excluding diaryl/α,β-unsaturated/α-hetero) is 2. The summed E-state index contributed by atoms with van der Waals surface area (Å²) in [7, 11) is -2.00. The van der Waals surface area contributed by atoms with Gasteiger partial charge in [-0.25, -0.2) is 0 Å². The molecule has 2 aliphatic rings. The molecular weight excluding hydrogens is 579 g/mol. The molecule has 0 atom stereocenters. The Labute approximate surface area is 270 Å². The predicted molar refractivity (Wildman–Crippen MR) is 194 cm³/mol. The molecule has 6 aromatic rings. The lowest BCUT2D eigenvalue weighted by molar-refractivity contribution is 0.0990. The summed E-state index contributed by atoms with van der Waals surface area (Å²) in [6.45, 7) is 11.7. The average Bonchev–Trinajstić information content (AvgIpc) is 3.27. The first-order valence-electron chi connectivity index (χ1n) is 15.9. The van der Waals surface area contributed by atoms with Crippen molar-refractivity contribution in [2.45, 2.75) is 38.9 Å². The first kappa shape index (κ1) is 28.4. The van der Waals surface area contributed by atoms with Crippen LogP contribution in [0.4, 0.5) is 17.1 Å². The first-order valence-corrected chi connectivity index (χ1v) is 19.4. The van der Waals surface area contributed by atoms with Gasteiger partial charge in [-0.1, -0.05) is 112 Å². The van der Waals surface area contributed by atoms with E-state index in [-0.39, 0.29) is 22.6 Å². The Balaban J connectivity index is 1.36. The molecule has 6 aromatic carbocycles. The number of allylic oxidation sites excluding steroid dienone is 1. The summed E-state index contributed by atoms with van der Waals surface area (Å²) in [5, 5.41) is 5.62. The molecular formula is C42H35NO2Si. The number of carbonyl (C=O) groups is 2. The summed E-state index contributed by atoms with van der Waals surface area (Å²) in [6.07, 6.45) is 1.87. The van der Waals surface area contributed by atoms with E-state index in [1.165, 1.54) is 38.5 Å². The summed E-state index contributed by atoms with van der Waals surface area (Å²) < 4.78 is 0. The van der Waals surface area contributed by atoms with Gasteiger partial charge in [-0.3, -0.25) is 9.59 Å². The van der Waals surface area contributed by atoms with Gasteiger partial charge in [0.05, 0.1) is 25.0 Å². The average molecular weight is 614 g/mol. The highest BCUT2D eigenvalue weighted by Crippen LogP contribution is 2.53. The molecule has 46 heavy (non-hydrogen) atoms. The van der Waals surface area contributed by atoms with E-state index in [1.54, 1.807) is 0 Å². The van der Waals surface area contributed by atoms with E-state index in [1.807, 2.05) is 42.5 Å². The third kappa shape index (κ3) is 4.10. The first-order chi connectivity index (χ1) is 22.1. The van der Waals surface area contributed by atoms with Crippen LogP contribution in [0.3, 0.4) is 0 Å². The van der Waals surface area contributed by atoms with E-state index in [0.29, 0.717) is 11.1 Å². The molecule has 8 rings (SSSR count). The summed E-state index contributed by atoms with van der Waals surface area (Å²) in [5.74, 6) is -0.372. The Hall–Kier alpha value is -5.06. The minimum absolute atomic E-state index is 0.186. The van der Waals surface area contributed by atoms with Gasteiger partial charge in [-0.2, -0.15) is 0 Å². The molecule has 1 aliphatic heterocycles. The van der Waals surface area contributed by atoms with E-state index in [2.05, 4.69) is 117 Å². The normalized spacial score (nSPS) is 15.2. The second kappa shape index (κ2) is 9.97. The highest BCUT2D eigenvalue weighted by Gasteiger charge is 2.39. The third-order valence-corrected chi connectivity index (χ3v) is 11.9.